The van der Waals surface area contributed by atoms with Crippen LogP contribution in [0.25, 0.3) is 0 Å². The SMILES string of the molecule is Cc1cc(Br)cc(NCCC#N)c1. The quantitative estimate of drug-likeness (QED) is 0.822. The minimum atomic E-state index is 0.533. The van der Waals surface area contributed by atoms with Crippen molar-refractivity contribution in [3.63, 3.8) is 0 Å². The molecule has 0 fully saturated rings. The Morgan fingerprint density at radius 3 is 2.85 bits per heavy atom. The molecule has 68 valence electrons. The largest absolute Gasteiger partial charge is 0.384 e. The second-order valence-corrected chi connectivity index (χ2v) is 3.77. The highest BCUT2D eigenvalue weighted by Crippen LogP contribution is 2.18. The lowest BCUT2D eigenvalue weighted by molar-refractivity contribution is 1.07. The molecular weight excluding hydrogens is 228 g/mol. The number of hydrogen-bond acceptors (Lipinski definition) is 2. The Balaban J connectivity index is 2.62. The first-order valence-corrected chi connectivity index (χ1v) is 4.89. The highest BCUT2D eigenvalue weighted by molar-refractivity contribution is 9.10. The first-order valence-electron chi connectivity index (χ1n) is 4.10. The summed E-state index contributed by atoms with van der Waals surface area (Å²) in [5.41, 5.74) is 2.26. The third-order valence-corrected chi connectivity index (χ3v) is 2.07. The van der Waals surface area contributed by atoms with Gasteiger partial charge in [0.2, 0.25) is 0 Å². The molecule has 0 saturated heterocycles. The molecule has 0 atom stereocenters. The summed E-state index contributed by atoms with van der Waals surface area (Å²) in [7, 11) is 0. The Morgan fingerprint density at radius 2 is 2.23 bits per heavy atom. The number of rotatable bonds is 3. The van der Waals surface area contributed by atoms with Gasteiger partial charge in [-0.3, -0.25) is 0 Å². The van der Waals surface area contributed by atoms with Gasteiger partial charge in [0.25, 0.3) is 0 Å². The van der Waals surface area contributed by atoms with Gasteiger partial charge in [-0.05, 0) is 30.7 Å². The van der Waals surface area contributed by atoms with Gasteiger partial charge >= 0.3 is 0 Å². The van der Waals surface area contributed by atoms with Crippen LogP contribution in [0.15, 0.2) is 22.7 Å². The fraction of sp³-hybridized carbons (Fsp3) is 0.300. The molecular formula is C10H11BrN2. The number of nitriles is 1. The lowest BCUT2D eigenvalue weighted by Gasteiger charge is -2.05. The molecule has 0 bridgehead atoms. The Morgan fingerprint density at radius 1 is 1.46 bits per heavy atom. The molecule has 3 heteroatoms. The highest BCUT2D eigenvalue weighted by atomic mass is 79.9. The lowest BCUT2D eigenvalue weighted by atomic mass is 10.2. The molecule has 0 aromatic heterocycles. The van der Waals surface area contributed by atoms with E-state index >= 15 is 0 Å². The number of nitrogens with one attached hydrogen (secondary N) is 1. The second kappa shape index (κ2) is 4.88. The van der Waals surface area contributed by atoms with Crippen LogP contribution in [0, 0.1) is 18.3 Å². The molecule has 0 saturated carbocycles. The normalized spacial score (nSPS) is 9.31. The Hall–Kier alpha value is -1.01. The van der Waals surface area contributed by atoms with Gasteiger partial charge in [0.15, 0.2) is 0 Å². The molecule has 0 unspecified atom stereocenters. The van der Waals surface area contributed by atoms with Gasteiger partial charge in [-0.1, -0.05) is 15.9 Å². The molecule has 13 heavy (non-hydrogen) atoms. The second-order valence-electron chi connectivity index (χ2n) is 2.85. The van der Waals surface area contributed by atoms with Crippen LogP contribution in [0.5, 0.6) is 0 Å². The van der Waals surface area contributed by atoms with Crippen LogP contribution >= 0.6 is 15.9 Å². The van der Waals surface area contributed by atoms with Gasteiger partial charge in [-0.25, -0.2) is 0 Å². The summed E-state index contributed by atoms with van der Waals surface area (Å²) in [6.45, 7) is 2.74. The van der Waals surface area contributed by atoms with Crippen LogP contribution in [-0.2, 0) is 0 Å². The molecule has 1 aromatic carbocycles. The molecule has 1 rings (SSSR count). The Kier molecular flexibility index (Phi) is 3.78. The monoisotopic (exact) mass is 238 g/mol. The molecule has 0 aliphatic rings. The number of benzene rings is 1. The summed E-state index contributed by atoms with van der Waals surface area (Å²) in [4.78, 5) is 0. The Labute approximate surface area is 86.7 Å². The summed E-state index contributed by atoms with van der Waals surface area (Å²) in [5, 5.41) is 11.5. The number of nitrogens with zero attached hydrogens (tertiary/aromatic N) is 1. The van der Waals surface area contributed by atoms with E-state index in [4.69, 9.17) is 5.26 Å². The van der Waals surface area contributed by atoms with Gasteiger partial charge in [-0.15, -0.1) is 0 Å². The van der Waals surface area contributed by atoms with Crippen LogP contribution in [0.4, 0.5) is 5.69 Å². The zero-order valence-corrected chi connectivity index (χ0v) is 9.06. The highest BCUT2D eigenvalue weighted by Gasteiger charge is 1.94. The molecule has 0 amide bonds. The number of aryl methyl sites for hydroxylation is 1. The smallest absolute Gasteiger partial charge is 0.0640 e. The van der Waals surface area contributed by atoms with E-state index in [1.807, 2.05) is 13.0 Å². The molecule has 1 aromatic rings. The van der Waals surface area contributed by atoms with Crippen molar-refractivity contribution < 1.29 is 0 Å². The molecule has 2 nitrogen and oxygen atoms in total. The summed E-state index contributed by atoms with van der Waals surface area (Å²) in [6, 6.07) is 8.21. The van der Waals surface area contributed by atoms with Crippen molar-refractivity contribution in [3.8, 4) is 6.07 Å². The minimum Gasteiger partial charge on any atom is -0.384 e. The topological polar surface area (TPSA) is 35.8 Å². The van der Waals surface area contributed by atoms with E-state index in [0.29, 0.717) is 13.0 Å². The zero-order valence-electron chi connectivity index (χ0n) is 7.47. The predicted octanol–water partition coefficient (Wildman–Crippen LogP) is 3.08. The van der Waals surface area contributed by atoms with Gasteiger partial charge in [-0.2, -0.15) is 5.26 Å². The van der Waals surface area contributed by atoms with E-state index < -0.39 is 0 Å². The standard InChI is InChI=1S/C10H11BrN2/c1-8-5-9(11)7-10(6-8)13-4-2-3-12/h5-7,13H,2,4H2,1H3. The van der Waals surface area contributed by atoms with Crippen molar-refractivity contribution in [3.05, 3.63) is 28.2 Å². The molecule has 0 aliphatic carbocycles. The maximum atomic E-state index is 8.35. The first-order chi connectivity index (χ1) is 6.22. The number of anilines is 1. The number of halogens is 1. The molecule has 0 spiro atoms. The third-order valence-electron chi connectivity index (χ3n) is 1.61. The minimum absolute atomic E-state index is 0.533. The summed E-state index contributed by atoms with van der Waals surface area (Å²) in [6.07, 6.45) is 0.533. The number of hydrogen-bond donors (Lipinski definition) is 1. The van der Waals surface area contributed by atoms with Crippen LogP contribution in [-0.4, -0.2) is 6.54 Å². The van der Waals surface area contributed by atoms with Gasteiger partial charge in [0, 0.05) is 16.7 Å². The van der Waals surface area contributed by atoms with Gasteiger partial charge in [0.05, 0.1) is 12.5 Å². The molecule has 0 heterocycles. The zero-order chi connectivity index (χ0) is 9.68. The predicted molar refractivity (Wildman–Crippen MR) is 57.6 cm³/mol. The van der Waals surface area contributed by atoms with Crippen LogP contribution in [0.3, 0.4) is 0 Å². The van der Waals surface area contributed by atoms with Crippen molar-refractivity contribution in [2.24, 2.45) is 0 Å². The maximum Gasteiger partial charge on any atom is 0.0640 e. The van der Waals surface area contributed by atoms with E-state index in [9.17, 15) is 0 Å². The summed E-state index contributed by atoms with van der Waals surface area (Å²) >= 11 is 3.42. The van der Waals surface area contributed by atoms with Crippen molar-refractivity contribution in [1.29, 1.82) is 5.26 Å². The summed E-state index contributed by atoms with van der Waals surface area (Å²) in [5.74, 6) is 0. The fourth-order valence-corrected chi connectivity index (χ4v) is 1.71. The van der Waals surface area contributed by atoms with Crippen LogP contribution < -0.4 is 5.32 Å². The van der Waals surface area contributed by atoms with Crippen molar-refractivity contribution >= 4 is 21.6 Å². The summed E-state index contributed by atoms with van der Waals surface area (Å²) < 4.78 is 1.06. The van der Waals surface area contributed by atoms with Gasteiger partial charge in [0.1, 0.15) is 0 Å². The molecule has 1 N–H and O–H groups in total. The van der Waals surface area contributed by atoms with E-state index in [0.717, 1.165) is 10.2 Å². The van der Waals surface area contributed by atoms with E-state index in [-0.39, 0.29) is 0 Å². The van der Waals surface area contributed by atoms with E-state index in [1.54, 1.807) is 0 Å². The Bertz CT molecular complexity index is 308. The maximum absolute atomic E-state index is 8.35. The molecule has 0 aliphatic heterocycles. The van der Waals surface area contributed by atoms with Crippen molar-refractivity contribution in [2.45, 2.75) is 13.3 Å². The third kappa shape index (κ3) is 3.47. The van der Waals surface area contributed by atoms with E-state index in [1.165, 1.54) is 5.56 Å². The van der Waals surface area contributed by atoms with Crippen molar-refractivity contribution in [2.75, 3.05) is 11.9 Å². The fourth-order valence-electron chi connectivity index (χ4n) is 1.10. The van der Waals surface area contributed by atoms with Crippen LogP contribution in [0.1, 0.15) is 12.0 Å². The first kappa shape index (κ1) is 10.1. The van der Waals surface area contributed by atoms with Crippen LogP contribution in [0.2, 0.25) is 0 Å². The average molecular weight is 239 g/mol. The lowest BCUT2D eigenvalue weighted by Crippen LogP contribution is -2.00. The van der Waals surface area contributed by atoms with Crippen molar-refractivity contribution in [1.82, 2.24) is 0 Å². The average Bonchev–Trinajstić information content (AvgIpc) is 2.03. The van der Waals surface area contributed by atoms with E-state index in [2.05, 4.69) is 39.4 Å². The molecule has 0 radical (unpaired) electrons. The van der Waals surface area contributed by atoms with Gasteiger partial charge < -0.3 is 5.32 Å².